The molecule has 0 fully saturated rings. The number of ether oxygens (including phenoxy) is 1. The minimum Gasteiger partial charge on any atom is -0.453 e. The van der Waals surface area contributed by atoms with Gasteiger partial charge < -0.3 is 20.5 Å². The van der Waals surface area contributed by atoms with Crippen LogP contribution in [-0.4, -0.2) is 74.0 Å². The Bertz CT molecular complexity index is 1470. The van der Waals surface area contributed by atoms with Gasteiger partial charge in [-0.1, -0.05) is 0 Å². The van der Waals surface area contributed by atoms with Crippen molar-refractivity contribution in [3.05, 3.63) is 45.6 Å². The molecule has 1 aromatic carbocycles. The molecule has 2 atom stereocenters. The van der Waals surface area contributed by atoms with E-state index in [2.05, 4.69) is 9.72 Å². The molecule has 226 valence electrons. The molecule has 0 bridgehead atoms. The highest BCUT2D eigenvalue weighted by molar-refractivity contribution is 7.89. The number of hydrogen-bond acceptors (Lipinski definition) is 9. The van der Waals surface area contributed by atoms with Crippen molar-refractivity contribution >= 4 is 54.9 Å². The van der Waals surface area contributed by atoms with E-state index in [4.69, 9.17) is 0 Å². The molecule has 2 unspecified atom stereocenters. The van der Waals surface area contributed by atoms with Gasteiger partial charge in [-0.25, -0.2) is 18.2 Å². The maximum Gasteiger partial charge on any atom is 0.413 e. The molecule has 2 aromatic heterocycles. The SMILES string of the molecule is COC(=O)NCC(=O)NC(c1ccc(C(CO)N(CCC(F)(F)F)S(=O)(=O)c2ccc3ncsc3c2)s1)C(F)(F)F. The molecule has 19 heteroatoms. The van der Waals surface area contributed by atoms with Gasteiger partial charge in [0.1, 0.15) is 6.54 Å². The summed E-state index contributed by atoms with van der Waals surface area (Å²) in [5.74, 6) is -1.24. The Balaban J connectivity index is 1.97. The summed E-state index contributed by atoms with van der Waals surface area (Å²) in [5.41, 5.74) is 1.88. The van der Waals surface area contributed by atoms with Crippen LogP contribution in [0.4, 0.5) is 31.1 Å². The van der Waals surface area contributed by atoms with Crippen LogP contribution < -0.4 is 10.6 Å². The summed E-state index contributed by atoms with van der Waals surface area (Å²) < 4.78 is 113. The third kappa shape index (κ3) is 8.28. The molecular formula is C22H22F6N4O6S3. The fourth-order valence-corrected chi connectivity index (χ4v) is 7.26. The number of thiazole rings is 1. The molecular weight excluding hydrogens is 626 g/mol. The van der Waals surface area contributed by atoms with Crippen molar-refractivity contribution in [1.29, 1.82) is 0 Å². The number of sulfonamides is 1. The summed E-state index contributed by atoms with van der Waals surface area (Å²) in [6.45, 7) is -3.06. The predicted octanol–water partition coefficient (Wildman–Crippen LogP) is 4.11. The standard InChI is InChI=1S/C22H22F6N4O6S3/c1-38-20(35)29-9-18(34)31-19(22(26,27)28)16-5-4-15(40-16)14(10-33)32(7-6-21(23,24)25)41(36,37)12-2-3-13-17(8-12)39-11-30-13/h2-5,8,11,14,19,33H,6-7,9-10H2,1H3,(H,29,35)(H,31,34). The molecule has 2 heterocycles. The van der Waals surface area contributed by atoms with Crippen LogP contribution in [0.3, 0.4) is 0 Å². The summed E-state index contributed by atoms with van der Waals surface area (Å²) in [7, 11) is -3.74. The van der Waals surface area contributed by atoms with Crippen LogP contribution in [-0.2, 0) is 19.6 Å². The molecule has 10 nitrogen and oxygen atoms in total. The summed E-state index contributed by atoms with van der Waals surface area (Å²) in [6.07, 6.45) is -12.5. The van der Waals surface area contributed by atoms with Crippen molar-refractivity contribution in [2.45, 2.75) is 35.8 Å². The Morgan fingerprint density at radius 1 is 1.12 bits per heavy atom. The highest BCUT2D eigenvalue weighted by Gasteiger charge is 2.44. The first-order valence-electron chi connectivity index (χ1n) is 11.4. The van der Waals surface area contributed by atoms with E-state index in [1.807, 2.05) is 5.32 Å². The van der Waals surface area contributed by atoms with Crippen LogP contribution >= 0.6 is 22.7 Å². The molecule has 3 rings (SSSR count). The monoisotopic (exact) mass is 648 g/mol. The van der Waals surface area contributed by atoms with Crippen molar-refractivity contribution in [3.8, 4) is 0 Å². The second-order valence-corrected chi connectivity index (χ2v) is 12.2. The van der Waals surface area contributed by atoms with E-state index < -0.39 is 82.3 Å². The number of aromatic nitrogens is 1. The lowest BCUT2D eigenvalue weighted by molar-refractivity contribution is -0.162. The van der Waals surface area contributed by atoms with Crippen LogP contribution in [0.5, 0.6) is 0 Å². The van der Waals surface area contributed by atoms with E-state index in [9.17, 15) is 49.5 Å². The Hall–Kier alpha value is -3.00. The zero-order valence-electron chi connectivity index (χ0n) is 20.8. The molecule has 0 radical (unpaired) electrons. The Kier molecular flexibility index (Phi) is 10.2. The third-order valence-electron chi connectivity index (χ3n) is 5.52. The highest BCUT2D eigenvalue weighted by atomic mass is 32.2. The molecule has 41 heavy (non-hydrogen) atoms. The van der Waals surface area contributed by atoms with Crippen molar-refractivity contribution < 1.29 is 54.2 Å². The molecule has 0 aliphatic rings. The normalized spacial score (nSPS) is 14.2. The molecule has 3 aromatic rings. The second kappa shape index (κ2) is 12.9. The fraction of sp³-hybridized carbons (Fsp3) is 0.409. The number of aliphatic hydroxyl groups is 1. The number of alkyl carbamates (subject to hydrolysis) is 1. The van der Waals surface area contributed by atoms with Gasteiger partial charge in [0.2, 0.25) is 15.9 Å². The molecule has 0 spiro atoms. The lowest BCUT2D eigenvalue weighted by Gasteiger charge is -2.29. The van der Waals surface area contributed by atoms with Crippen molar-refractivity contribution in [1.82, 2.24) is 19.9 Å². The quantitative estimate of drug-likeness (QED) is 0.266. The van der Waals surface area contributed by atoms with Crippen LogP contribution in [0.1, 0.15) is 28.3 Å². The van der Waals surface area contributed by atoms with E-state index in [1.54, 1.807) is 5.32 Å². The fourth-order valence-electron chi connectivity index (χ4n) is 3.59. The molecule has 2 amide bonds. The average molecular weight is 649 g/mol. The summed E-state index contributed by atoms with van der Waals surface area (Å²) in [5, 5.41) is 13.7. The zero-order valence-corrected chi connectivity index (χ0v) is 23.3. The van der Waals surface area contributed by atoms with E-state index in [0.717, 1.165) is 36.6 Å². The number of hydrogen-bond donors (Lipinski definition) is 3. The lowest BCUT2D eigenvalue weighted by atomic mass is 10.2. The van der Waals surface area contributed by atoms with Gasteiger partial charge in [-0.2, -0.15) is 30.6 Å². The number of rotatable bonds is 11. The number of alkyl halides is 6. The van der Waals surface area contributed by atoms with Gasteiger partial charge in [0.25, 0.3) is 0 Å². The zero-order chi connectivity index (χ0) is 30.6. The number of fused-ring (bicyclic) bond motifs is 1. The number of amides is 2. The van der Waals surface area contributed by atoms with Crippen molar-refractivity contribution in [2.24, 2.45) is 0 Å². The summed E-state index contributed by atoms with van der Waals surface area (Å²) >= 11 is 1.43. The number of benzene rings is 1. The number of thiophene rings is 1. The van der Waals surface area contributed by atoms with E-state index in [1.165, 1.54) is 17.6 Å². The molecule has 3 N–H and O–H groups in total. The van der Waals surface area contributed by atoms with Gasteiger partial charge in [0.15, 0.2) is 6.04 Å². The topological polar surface area (TPSA) is 138 Å². The Labute approximate surface area is 237 Å². The highest BCUT2D eigenvalue weighted by Crippen LogP contribution is 2.40. The third-order valence-corrected chi connectivity index (χ3v) is 9.46. The minimum atomic E-state index is -5.05. The number of methoxy groups -OCH3 is 1. The minimum absolute atomic E-state index is 0.205. The first-order valence-corrected chi connectivity index (χ1v) is 14.5. The summed E-state index contributed by atoms with van der Waals surface area (Å²) in [6, 6.07) is 1.32. The van der Waals surface area contributed by atoms with Crippen LogP contribution in [0.15, 0.2) is 40.7 Å². The van der Waals surface area contributed by atoms with Crippen LogP contribution in [0.25, 0.3) is 10.2 Å². The average Bonchev–Trinajstić information content (AvgIpc) is 3.56. The molecule has 0 aliphatic carbocycles. The van der Waals surface area contributed by atoms with E-state index >= 15 is 0 Å². The van der Waals surface area contributed by atoms with E-state index in [-0.39, 0.29) is 4.88 Å². The summed E-state index contributed by atoms with van der Waals surface area (Å²) in [4.78, 5) is 26.0. The largest absolute Gasteiger partial charge is 0.453 e. The molecule has 0 saturated carbocycles. The number of halogens is 6. The smallest absolute Gasteiger partial charge is 0.413 e. The maximum atomic E-state index is 13.8. The number of nitrogens with one attached hydrogen (secondary N) is 2. The van der Waals surface area contributed by atoms with Gasteiger partial charge in [-0.05, 0) is 30.3 Å². The predicted molar refractivity (Wildman–Crippen MR) is 136 cm³/mol. The van der Waals surface area contributed by atoms with Crippen molar-refractivity contribution in [3.63, 3.8) is 0 Å². The first kappa shape index (κ1) is 32.5. The number of carbonyl (C=O) groups is 2. The van der Waals surface area contributed by atoms with Gasteiger partial charge >= 0.3 is 18.4 Å². The van der Waals surface area contributed by atoms with Crippen molar-refractivity contribution in [2.75, 3.05) is 26.8 Å². The number of aliphatic hydroxyl groups excluding tert-OH is 1. The van der Waals surface area contributed by atoms with Crippen LogP contribution in [0.2, 0.25) is 0 Å². The Morgan fingerprint density at radius 3 is 2.41 bits per heavy atom. The maximum absolute atomic E-state index is 13.8. The van der Waals surface area contributed by atoms with Gasteiger partial charge in [0, 0.05) is 16.3 Å². The van der Waals surface area contributed by atoms with Gasteiger partial charge in [0.05, 0.1) is 46.8 Å². The number of nitrogens with zero attached hydrogens (tertiary/aromatic N) is 2. The second-order valence-electron chi connectivity index (χ2n) is 8.29. The first-order chi connectivity index (χ1) is 19.1. The molecule has 0 aliphatic heterocycles. The Morgan fingerprint density at radius 2 is 1.80 bits per heavy atom. The lowest BCUT2D eigenvalue weighted by Crippen LogP contribution is -2.43. The van der Waals surface area contributed by atoms with E-state index in [0.29, 0.717) is 25.9 Å². The van der Waals surface area contributed by atoms with Gasteiger partial charge in [-0.15, -0.1) is 22.7 Å². The van der Waals surface area contributed by atoms with Gasteiger partial charge in [-0.3, -0.25) is 4.79 Å². The number of carbonyl (C=O) groups excluding carboxylic acids is 2. The van der Waals surface area contributed by atoms with Crippen LogP contribution in [0, 0.1) is 0 Å². The molecule has 0 saturated heterocycles.